The molecular formula is C12H13ClO2S. The van der Waals surface area contributed by atoms with Crippen LogP contribution < -0.4 is 0 Å². The normalized spacial score (nSPS) is 11.5. The van der Waals surface area contributed by atoms with Crippen LogP contribution in [-0.2, 0) is 10.5 Å². The predicted octanol–water partition coefficient (Wildman–Crippen LogP) is 3.60. The molecule has 0 atom stereocenters. The van der Waals surface area contributed by atoms with E-state index >= 15 is 0 Å². The Morgan fingerprint density at radius 3 is 2.62 bits per heavy atom. The van der Waals surface area contributed by atoms with Gasteiger partial charge in [0.1, 0.15) is 0 Å². The molecule has 0 radical (unpaired) electrons. The van der Waals surface area contributed by atoms with Crippen LogP contribution in [0.5, 0.6) is 0 Å². The standard InChI is InChI=1S/C12H13ClO2S/c1-9(12(14)15)6-7-16-8-10-2-4-11(13)5-3-10/h2-6H,7-8H2,1H3,(H,14,15)/b9-6-. The van der Waals surface area contributed by atoms with Gasteiger partial charge in [0.05, 0.1) is 0 Å². The summed E-state index contributed by atoms with van der Waals surface area (Å²) in [4.78, 5) is 10.5. The summed E-state index contributed by atoms with van der Waals surface area (Å²) in [5.41, 5.74) is 1.58. The molecule has 0 aliphatic heterocycles. The summed E-state index contributed by atoms with van der Waals surface area (Å²) in [6, 6.07) is 7.66. The molecule has 1 rings (SSSR count). The molecule has 0 aliphatic carbocycles. The van der Waals surface area contributed by atoms with Crippen molar-refractivity contribution >= 4 is 29.3 Å². The van der Waals surface area contributed by atoms with Crippen molar-refractivity contribution in [3.8, 4) is 0 Å². The SMILES string of the molecule is C/C(=C/CSCc1ccc(Cl)cc1)C(=O)O. The maximum Gasteiger partial charge on any atom is 0.330 e. The molecule has 0 unspecified atom stereocenters. The number of carboxylic acid groups (broad SMARTS) is 1. The minimum atomic E-state index is -0.855. The van der Waals surface area contributed by atoms with Crippen molar-refractivity contribution in [2.24, 2.45) is 0 Å². The van der Waals surface area contributed by atoms with Crippen molar-refractivity contribution in [1.82, 2.24) is 0 Å². The van der Waals surface area contributed by atoms with E-state index in [2.05, 4.69) is 0 Å². The van der Waals surface area contributed by atoms with Gasteiger partial charge in [-0.25, -0.2) is 4.79 Å². The van der Waals surface area contributed by atoms with E-state index in [4.69, 9.17) is 16.7 Å². The molecule has 1 aromatic rings. The number of benzene rings is 1. The van der Waals surface area contributed by atoms with Crippen LogP contribution in [0.15, 0.2) is 35.9 Å². The van der Waals surface area contributed by atoms with Crippen LogP contribution in [0.2, 0.25) is 5.02 Å². The number of hydrogen-bond acceptors (Lipinski definition) is 2. The highest BCUT2D eigenvalue weighted by molar-refractivity contribution is 7.98. The summed E-state index contributed by atoms with van der Waals surface area (Å²) in [5.74, 6) is 0.716. The van der Waals surface area contributed by atoms with Gasteiger partial charge in [-0.05, 0) is 24.6 Å². The zero-order valence-corrected chi connectivity index (χ0v) is 10.5. The van der Waals surface area contributed by atoms with Crippen LogP contribution in [0, 0.1) is 0 Å². The van der Waals surface area contributed by atoms with Crippen LogP contribution in [0.25, 0.3) is 0 Å². The molecule has 2 nitrogen and oxygen atoms in total. The number of carboxylic acids is 1. The number of aliphatic carboxylic acids is 1. The molecule has 0 spiro atoms. The van der Waals surface area contributed by atoms with Gasteiger partial charge in [0.25, 0.3) is 0 Å². The number of rotatable bonds is 5. The summed E-state index contributed by atoms with van der Waals surface area (Å²) in [6.45, 7) is 1.60. The lowest BCUT2D eigenvalue weighted by molar-refractivity contribution is -0.132. The fraction of sp³-hybridized carbons (Fsp3) is 0.250. The van der Waals surface area contributed by atoms with Crippen LogP contribution >= 0.6 is 23.4 Å². The van der Waals surface area contributed by atoms with E-state index in [1.165, 1.54) is 5.56 Å². The van der Waals surface area contributed by atoms with Crippen LogP contribution in [0.1, 0.15) is 12.5 Å². The van der Waals surface area contributed by atoms with E-state index in [1.807, 2.05) is 24.3 Å². The average Bonchev–Trinajstić information content (AvgIpc) is 2.26. The zero-order valence-electron chi connectivity index (χ0n) is 8.94. The minimum Gasteiger partial charge on any atom is -0.478 e. The zero-order chi connectivity index (χ0) is 12.0. The fourth-order valence-electron chi connectivity index (χ4n) is 1.03. The predicted molar refractivity (Wildman–Crippen MR) is 69.0 cm³/mol. The first-order valence-corrected chi connectivity index (χ1v) is 6.35. The molecule has 0 amide bonds. The van der Waals surface area contributed by atoms with Crippen LogP contribution in [-0.4, -0.2) is 16.8 Å². The molecule has 1 aromatic carbocycles. The van der Waals surface area contributed by atoms with Crippen LogP contribution in [0.3, 0.4) is 0 Å². The van der Waals surface area contributed by atoms with E-state index < -0.39 is 5.97 Å². The molecule has 16 heavy (non-hydrogen) atoms. The molecule has 0 aliphatic rings. The van der Waals surface area contributed by atoms with Gasteiger partial charge in [-0.2, -0.15) is 11.8 Å². The van der Waals surface area contributed by atoms with Gasteiger partial charge < -0.3 is 5.11 Å². The van der Waals surface area contributed by atoms with E-state index in [-0.39, 0.29) is 0 Å². The first-order chi connectivity index (χ1) is 7.59. The third kappa shape index (κ3) is 4.73. The summed E-state index contributed by atoms with van der Waals surface area (Å²) < 4.78 is 0. The number of carbonyl (C=O) groups is 1. The Morgan fingerprint density at radius 2 is 2.06 bits per heavy atom. The Labute approximate surface area is 104 Å². The van der Waals surface area contributed by atoms with E-state index in [0.717, 1.165) is 10.8 Å². The van der Waals surface area contributed by atoms with Gasteiger partial charge in [0, 0.05) is 22.1 Å². The first kappa shape index (κ1) is 13.1. The van der Waals surface area contributed by atoms with Crippen molar-refractivity contribution in [3.05, 3.63) is 46.5 Å². The van der Waals surface area contributed by atoms with Crippen molar-refractivity contribution in [2.75, 3.05) is 5.75 Å². The maximum absolute atomic E-state index is 10.5. The van der Waals surface area contributed by atoms with Gasteiger partial charge >= 0.3 is 5.97 Å². The van der Waals surface area contributed by atoms with Crippen molar-refractivity contribution < 1.29 is 9.90 Å². The molecule has 0 bridgehead atoms. The summed E-state index contributed by atoms with van der Waals surface area (Å²) in [6.07, 6.45) is 1.73. The lowest BCUT2D eigenvalue weighted by Crippen LogP contribution is -1.96. The lowest BCUT2D eigenvalue weighted by Gasteiger charge is -2.00. The second kappa shape index (κ2) is 6.61. The monoisotopic (exact) mass is 256 g/mol. The van der Waals surface area contributed by atoms with E-state index in [1.54, 1.807) is 24.8 Å². The smallest absolute Gasteiger partial charge is 0.330 e. The summed E-state index contributed by atoms with van der Waals surface area (Å²) >= 11 is 7.44. The Hall–Kier alpha value is -0.930. The molecule has 1 N–H and O–H groups in total. The second-order valence-corrected chi connectivity index (χ2v) is 4.80. The number of thioether (sulfide) groups is 1. The van der Waals surface area contributed by atoms with Crippen molar-refractivity contribution in [2.45, 2.75) is 12.7 Å². The molecule has 86 valence electrons. The molecule has 0 fully saturated rings. The lowest BCUT2D eigenvalue weighted by atomic mass is 10.2. The highest BCUT2D eigenvalue weighted by atomic mass is 35.5. The molecule has 0 heterocycles. The van der Waals surface area contributed by atoms with Gasteiger partial charge in [-0.3, -0.25) is 0 Å². The van der Waals surface area contributed by atoms with Gasteiger partial charge in [-0.15, -0.1) is 0 Å². The topological polar surface area (TPSA) is 37.3 Å². The largest absolute Gasteiger partial charge is 0.478 e. The third-order valence-electron chi connectivity index (χ3n) is 2.03. The van der Waals surface area contributed by atoms with Gasteiger partial charge in [0.15, 0.2) is 0 Å². The summed E-state index contributed by atoms with van der Waals surface area (Å²) in [5, 5.41) is 9.37. The molecule has 4 heteroatoms. The number of halogens is 1. The minimum absolute atomic E-state index is 0.392. The Bertz CT molecular complexity index is 385. The summed E-state index contributed by atoms with van der Waals surface area (Å²) in [7, 11) is 0. The Morgan fingerprint density at radius 1 is 1.44 bits per heavy atom. The Balaban J connectivity index is 2.34. The van der Waals surface area contributed by atoms with Crippen LogP contribution in [0.4, 0.5) is 0 Å². The molecule has 0 aromatic heterocycles. The van der Waals surface area contributed by atoms with Gasteiger partial charge in [-0.1, -0.05) is 29.8 Å². The van der Waals surface area contributed by atoms with E-state index in [0.29, 0.717) is 11.3 Å². The van der Waals surface area contributed by atoms with E-state index in [9.17, 15) is 4.79 Å². The highest BCUT2D eigenvalue weighted by Gasteiger charge is 1.98. The average molecular weight is 257 g/mol. The van der Waals surface area contributed by atoms with Crippen molar-refractivity contribution in [3.63, 3.8) is 0 Å². The second-order valence-electron chi connectivity index (χ2n) is 3.33. The van der Waals surface area contributed by atoms with Gasteiger partial charge in [0.2, 0.25) is 0 Å². The van der Waals surface area contributed by atoms with Crippen molar-refractivity contribution in [1.29, 1.82) is 0 Å². The first-order valence-electron chi connectivity index (χ1n) is 4.82. The molecular weight excluding hydrogens is 244 g/mol. The molecule has 0 saturated heterocycles. The Kier molecular flexibility index (Phi) is 5.43. The maximum atomic E-state index is 10.5. The highest BCUT2D eigenvalue weighted by Crippen LogP contribution is 2.15. The number of hydrogen-bond donors (Lipinski definition) is 1. The molecule has 0 saturated carbocycles. The fourth-order valence-corrected chi connectivity index (χ4v) is 2.07. The third-order valence-corrected chi connectivity index (χ3v) is 3.22. The quantitative estimate of drug-likeness (QED) is 0.646.